The van der Waals surface area contributed by atoms with Crippen molar-refractivity contribution in [2.24, 2.45) is 0 Å². The van der Waals surface area contributed by atoms with Crippen molar-refractivity contribution in [3.8, 4) is 6.01 Å². The maximum Gasteiger partial charge on any atom is 0.316 e. The van der Waals surface area contributed by atoms with E-state index in [0.717, 1.165) is 0 Å². The van der Waals surface area contributed by atoms with E-state index in [9.17, 15) is 9.59 Å². The number of aromatic nitrogens is 4. The van der Waals surface area contributed by atoms with Crippen LogP contribution in [0.1, 0.15) is 23.3 Å². The van der Waals surface area contributed by atoms with E-state index < -0.39 is 0 Å². The van der Waals surface area contributed by atoms with Gasteiger partial charge in [0.05, 0.1) is 0 Å². The fraction of sp³-hybridized carbons (Fsp3) is 0.357. The second kappa shape index (κ2) is 6.33. The molecule has 1 aliphatic heterocycles. The van der Waals surface area contributed by atoms with Crippen molar-refractivity contribution in [2.75, 3.05) is 13.1 Å². The second-order valence-electron chi connectivity index (χ2n) is 4.95. The van der Waals surface area contributed by atoms with E-state index in [0.29, 0.717) is 31.9 Å². The fourth-order valence-corrected chi connectivity index (χ4v) is 2.30. The number of amides is 1. The number of aromatic amines is 1. The van der Waals surface area contributed by atoms with Crippen LogP contribution in [0.2, 0.25) is 0 Å². The molecule has 1 saturated heterocycles. The smallest absolute Gasteiger partial charge is 0.316 e. The van der Waals surface area contributed by atoms with Gasteiger partial charge in [0.15, 0.2) is 0 Å². The Bertz CT molecular complexity index is 675. The van der Waals surface area contributed by atoms with Crippen molar-refractivity contribution in [1.29, 1.82) is 0 Å². The Morgan fingerprint density at radius 2 is 1.95 bits per heavy atom. The predicted molar refractivity (Wildman–Crippen MR) is 76.4 cm³/mol. The molecule has 8 nitrogen and oxygen atoms in total. The topological polar surface area (TPSA) is 101 Å². The molecule has 22 heavy (non-hydrogen) atoms. The third-order valence-corrected chi connectivity index (χ3v) is 3.44. The Morgan fingerprint density at radius 3 is 2.59 bits per heavy atom. The van der Waals surface area contributed by atoms with Crippen molar-refractivity contribution in [3.05, 3.63) is 46.6 Å². The minimum atomic E-state index is -0.327. The Morgan fingerprint density at radius 1 is 1.23 bits per heavy atom. The summed E-state index contributed by atoms with van der Waals surface area (Å²) in [6, 6.07) is 4.81. The van der Waals surface area contributed by atoms with Crippen molar-refractivity contribution in [2.45, 2.75) is 18.9 Å². The van der Waals surface area contributed by atoms with Gasteiger partial charge in [-0.1, -0.05) is 0 Å². The standard InChI is InChI=1S/C14H15N5O3/c20-12-3-2-11(17-18-12)13(21)19-8-4-10(5-9-19)22-14-15-6-1-7-16-14/h1-3,6-7,10H,4-5,8-9H2,(H,18,20). The van der Waals surface area contributed by atoms with Crippen molar-refractivity contribution >= 4 is 5.91 Å². The zero-order valence-corrected chi connectivity index (χ0v) is 11.8. The monoisotopic (exact) mass is 301 g/mol. The zero-order valence-electron chi connectivity index (χ0n) is 11.8. The number of ether oxygens (including phenoxy) is 1. The molecule has 0 spiro atoms. The molecule has 3 rings (SSSR count). The van der Waals surface area contributed by atoms with Crippen molar-refractivity contribution in [3.63, 3.8) is 0 Å². The first-order valence-electron chi connectivity index (χ1n) is 7.01. The molecule has 8 heteroatoms. The van der Waals surface area contributed by atoms with Gasteiger partial charge in [0.25, 0.3) is 11.5 Å². The van der Waals surface area contributed by atoms with Crippen LogP contribution in [-0.2, 0) is 0 Å². The van der Waals surface area contributed by atoms with E-state index in [-0.39, 0.29) is 23.3 Å². The van der Waals surface area contributed by atoms with Gasteiger partial charge in [-0.05, 0) is 12.1 Å². The number of carbonyl (C=O) groups is 1. The van der Waals surface area contributed by atoms with Crippen LogP contribution in [-0.4, -0.2) is 50.2 Å². The van der Waals surface area contributed by atoms with Gasteiger partial charge < -0.3 is 9.64 Å². The molecule has 2 aromatic heterocycles. The van der Waals surface area contributed by atoms with Crippen molar-refractivity contribution < 1.29 is 9.53 Å². The molecule has 1 fully saturated rings. The summed E-state index contributed by atoms with van der Waals surface area (Å²) < 4.78 is 5.68. The van der Waals surface area contributed by atoms with E-state index >= 15 is 0 Å². The predicted octanol–water partition coefficient (Wildman–Crippen LogP) is 0.243. The maximum atomic E-state index is 12.3. The summed E-state index contributed by atoms with van der Waals surface area (Å²) in [5.41, 5.74) is -0.0862. The average molecular weight is 301 g/mol. The van der Waals surface area contributed by atoms with E-state index in [2.05, 4.69) is 20.2 Å². The summed E-state index contributed by atoms with van der Waals surface area (Å²) in [7, 11) is 0. The van der Waals surface area contributed by atoms with Gasteiger partial charge >= 0.3 is 6.01 Å². The maximum absolute atomic E-state index is 12.3. The molecule has 0 bridgehead atoms. The average Bonchev–Trinajstić information content (AvgIpc) is 2.57. The van der Waals surface area contributed by atoms with Gasteiger partial charge in [-0.3, -0.25) is 9.59 Å². The quantitative estimate of drug-likeness (QED) is 0.871. The minimum absolute atomic E-state index is 0.00464. The highest BCUT2D eigenvalue weighted by Crippen LogP contribution is 2.16. The molecular formula is C14H15N5O3. The second-order valence-corrected chi connectivity index (χ2v) is 4.95. The van der Waals surface area contributed by atoms with Crippen LogP contribution in [0, 0.1) is 0 Å². The largest absolute Gasteiger partial charge is 0.460 e. The molecule has 0 aromatic carbocycles. The lowest BCUT2D eigenvalue weighted by atomic mass is 10.1. The fourth-order valence-electron chi connectivity index (χ4n) is 2.30. The van der Waals surface area contributed by atoms with Gasteiger partial charge in [0.1, 0.15) is 11.8 Å². The number of H-pyrrole nitrogens is 1. The van der Waals surface area contributed by atoms with E-state index in [1.165, 1.54) is 12.1 Å². The first-order chi connectivity index (χ1) is 10.7. The lowest BCUT2D eigenvalue weighted by Gasteiger charge is -2.31. The lowest BCUT2D eigenvalue weighted by Crippen LogP contribution is -2.42. The SMILES string of the molecule is O=C(c1ccc(=O)[nH]n1)N1CCC(Oc2ncccn2)CC1. The van der Waals surface area contributed by atoms with Crippen LogP contribution in [0.4, 0.5) is 0 Å². The van der Waals surface area contributed by atoms with Gasteiger partial charge in [0, 0.05) is 44.4 Å². The number of carbonyl (C=O) groups excluding carboxylic acids is 1. The lowest BCUT2D eigenvalue weighted by molar-refractivity contribution is 0.0572. The summed E-state index contributed by atoms with van der Waals surface area (Å²) in [6.45, 7) is 1.13. The van der Waals surface area contributed by atoms with Gasteiger partial charge in [0.2, 0.25) is 0 Å². The van der Waals surface area contributed by atoms with Crippen LogP contribution >= 0.6 is 0 Å². The molecule has 1 amide bonds. The molecule has 1 aliphatic rings. The highest BCUT2D eigenvalue weighted by molar-refractivity contribution is 5.92. The summed E-state index contributed by atoms with van der Waals surface area (Å²) in [5.74, 6) is -0.189. The summed E-state index contributed by atoms with van der Waals surface area (Å²) in [4.78, 5) is 33.0. The molecule has 0 atom stereocenters. The molecule has 1 N–H and O–H groups in total. The zero-order chi connectivity index (χ0) is 15.4. The molecule has 0 saturated carbocycles. The summed E-state index contributed by atoms with van der Waals surface area (Å²) in [5, 5.41) is 6.03. The minimum Gasteiger partial charge on any atom is -0.460 e. The third kappa shape index (κ3) is 3.27. The van der Waals surface area contributed by atoms with Crippen LogP contribution < -0.4 is 10.3 Å². The first-order valence-corrected chi connectivity index (χ1v) is 7.01. The number of piperidine rings is 1. The van der Waals surface area contributed by atoms with Crippen LogP contribution in [0.15, 0.2) is 35.4 Å². The van der Waals surface area contributed by atoms with Gasteiger partial charge in [-0.2, -0.15) is 5.10 Å². The first kappa shape index (κ1) is 14.2. The summed E-state index contributed by atoms with van der Waals surface area (Å²) >= 11 is 0. The number of likely N-dealkylation sites (tertiary alicyclic amines) is 1. The van der Waals surface area contributed by atoms with Crippen LogP contribution in [0.5, 0.6) is 6.01 Å². The molecule has 0 aliphatic carbocycles. The number of nitrogens with zero attached hydrogens (tertiary/aromatic N) is 4. The highest BCUT2D eigenvalue weighted by Gasteiger charge is 2.25. The molecule has 0 radical (unpaired) electrons. The Labute approximate surface area is 126 Å². The van der Waals surface area contributed by atoms with Crippen LogP contribution in [0.25, 0.3) is 0 Å². The van der Waals surface area contributed by atoms with Crippen LogP contribution in [0.3, 0.4) is 0 Å². The molecule has 3 heterocycles. The highest BCUT2D eigenvalue weighted by atomic mass is 16.5. The molecular weight excluding hydrogens is 286 g/mol. The van der Waals surface area contributed by atoms with E-state index in [1.807, 2.05) is 0 Å². The van der Waals surface area contributed by atoms with Gasteiger partial charge in [-0.15, -0.1) is 0 Å². The Balaban J connectivity index is 1.56. The summed E-state index contributed by atoms with van der Waals surface area (Å²) in [6.07, 6.45) is 4.65. The molecule has 2 aromatic rings. The number of hydrogen-bond donors (Lipinski definition) is 1. The Hall–Kier alpha value is -2.77. The number of nitrogens with one attached hydrogen (secondary N) is 1. The van der Waals surface area contributed by atoms with E-state index in [1.54, 1.807) is 23.4 Å². The Kier molecular flexibility index (Phi) is 4.08. The third-order valence-electron chi connectivity index (χ3n) is 3.44. The number of hydrogen-bond acceptors (Lipinski definition) is 6. The van der Waals surface area contributed by atoms with E-state index in [4.69, 9.17) is 4.74 Å². The van der Waals surface area contributed by atoms with Crippen molar-refractivity contribution in [1.82, 2.24) is 25.1 Å². The van der Waals surface area contributed by atoms with Gasteiger partial charge in [-0.25, -0.2) is 15.1 Å². The number of rotatable bonds is 3. The molecule has 0 unspecified atom stereocenters. The molecule has 114 valence electrons. The normalized spacial score (nSPS) is 15.5.